The lowest BCUT2D eigenvalue weighted by Gasteiger charge is -2.35. The number of benzene rings is 1. The topological polar surface area (TPSA) is 115 Å². The van der Waals surface area contributed by atoms with Crippen LogP contribution in [0.3, 0.4) is 0 Å². The van der Waals surface area contributed by atoms with Gasteiger partial charge in [0.2, 0.25) is 10.0 Å². The third-order valence-electron chi connectivity index (χ3n) is 4.66. The number of nitriles is 1. The maximum Gasteiger partial charge on any atom is 0.220 e. The maximum atomic E-state index is 14.0. The molecule has 1 saturated heterocycles. The highest BCUT2D eigenvalue weighted by Crippen LogP contribution is 2.14. The summed E-state index contributed by atoms with van der Waals surface area (Å²) in [6, 6.07) is 7.69. The Morgan fingerprint density at radius 1 is 1.32 bits per heavy atom. The van der Waals surface area contributed by atoms with Gasteiger partial charge in [-0.05, 0) is 25.1 Å². The van der Waals surface area contributed by atoms with Crippen molar-refractivity contribution in [3.63, 3.8) is 0 Å². The van der Waals surface area contributed by atoms with E-state index in [9.17, 15) is 12.8 Å². The van der Waals surface area contributed by atoms with E-state index in [4.69, 9.17) is 9.78 Å². The third kappa shape index (κ3) is 6.62. The number of hydrogen-bond donors (Lipinski definition) is 1. The van der Waals surface area contributed by atoms with Crippen LogP contribution in [-0.2, 0) is 22.3 Å². The highest BCUT2D eigenvalue weighted by Gasteiger charge is 2.29. The molecule has 0 radical (unpaired) electrons. The Labute approximate surface area is 198 Å². The molecule has 168 valence electrons. The van der Waals surface area contributed by atoms with Crippen LogP contribution in [0.4, 0.5) is 4.39 Å². The first kappa shape index (κ1) is 25.0. The molecule has 1 N–H and O–H groups in total. The fourth-order valence-corrected chi connectivity index (χ4v) is 4.54. The summed E-state index contributed by atoms with van der Waals surface area (Å²) in [4.78, 5) is 6.43. The summed E-state index contributed by atoms with van der Waals surface area (Å²) in [5.41, 5.74) is 1.07. The van der Waals surface area contributed by atoms with Crippen molar-refractivity contribution in [1.82, 2.24) is 19.7 Å². The minimum Gasteiger partial charge on any atom is -0.364 e. The van der Waals surface area contributed by atoms with Crippen molar-refractivity contribution >= 4 is 40.0 Å². The summed E-state index contributed by atoms with van der Waals surface area (Å²) in [6.45, 7) is 4.13. The van der Waals surface area contributed by atoms with Crippen molar-refractivity contribution in [2.24, 2.45) is 4.99 Å². The van der Waals surface area contributed by atoms with E-state index in [1.54, 1.807) is 0 Å². The summed E-state index contributed by atoms with van der Waals surface area (Å²) in [5, 5.41) is 15.8. The predicted octanol–water partition coefficient (Wildman–Crippen LogP) is 1.92. The molecule has 0 saturated carbocycles. The summed E-state index contributed by atoms with van der Waals surface area (Å²) in [6.07, 6.45) is 1.34. The molecule has 0 amide bonds. The lowest BCUT2D eigenvalue weighted by molar-refractivity contribution is 0.259. The first-order valence-corrected chi connectivity index (χ1v) is 11.1. The molecule has 0 spiro atoms. The predicted molar refractivity (Wildman–Crippen MR) is 124 cm³/mol. The van der Waals surface area contributed by atoms with E-state index >= 15 is 0 Å². The van der Waals surface area contributed by atoms with Gasteiger partial charge in [-0.1, -0.05) is 5.16 Å². The molecule has 9 nitrogen and oxygen atoms in total. The van der Waals surface area contributed by atoms with Gasteiger partial charge in [-0.25, -0.2) is 17.8 Å². The normalized spacial score (nSPS) is 15.3. The van der Waals surface area contributed by atoms with Crippen LogP contribution in [0.25, 0.3) is 0 Å². The Balaban J connectivity index is 0.00000341. The number of piperazine rings is 1. The molecule has 2 aromatic rings. The fourth-order valence-electron chi connectivity index (χ4n) is 3.12. The lowest BCUT2D eigenvalue weighted by atomic mass is 10.1. The average Bonchev–Trinajstić information content (AvgIpc) is 3.24. The van der Waals surface area contributed by atoms with Crippen molar-refractivity contribution in [3.8, 4) is 6.07 Å². The van der Waals surface area contributed by atoms with Gasteiger partial charge >= 0.3 is 0 Å². The number of rotatable bonds is 6. The second-order valence-corrected chi connectivity index (χ2v) is 8.69. The van der Waals surface area contributed by atoms with Crippen LogP contribution in [0.5, 0.6) is 0 Å². The van der Waals surface area contributed by atoms with Gasteiger partial charge in [-0.15, -0.1) is 24.0 Å². The molecule has 1 aromatic heterocycles. The van der Waals surface area contributed by atoms with Gasteiger partial charge in [-0.2, -0.15) is 9.57 Å². The zero-order chi connectivity index (χ0) is 21.6. The van der Waals surface area contributed by atoms with Gasteiger partial charge in [0.15, 0.2) is 5.96 Å². The number of hydrogen-bond acceptors (Lipinski definition) is 6. The summed E-state index contributed by atoms with van der Waals surface area (Å²) < 4.78 is 45.3. The Morgan fingerprint density at radius 3 is 2.68 bits per heavy atom. The number of nitrogens with zero attached hydrogens (tertiary/aromatic N) is 5. The zero-order valence-corrected chi connectivity index (χ0v) is 20.1. The van der Waals surface area contributed by atoms with Crippen molar-refractivity contribution in [2.45, 2.75) is 19.2 Å². The summed E-state index contributed by atoms with van der Waals surface area (Å²) >= 11 is 0. The van der Waals surface area contributed by atoms with E-state index in [0.29, 0.717) is 55.5 Å². The number of halogens is 2. The van der Waals surface area contributed by atoms with Crippen molar-refractivity contribution in [2.75, 3.05) is 32.7 Å². The van der Waals surface area contributed by atoms with Crippen LogP contribution in [0.2, 0.25) is 0 Å². The van der Waals surface area contributed by atoms with E-state index in [-0.39, 0.29) is 36.3 Å². The molecule has 1 aliphatic rings. The molecule has 0 aliphatic carbocycles. The molecule has 2 heterocycles. The first-order valence-electron chi connectivity index (χ1n) is 9.52. The largest absolute Gasteiger partial charge is 0.364 e. The molecule has 1 aliphatic heterocycles. The summed E-state index contributed by atoms with van der Waals surface area (Å²) in [7, 11) is -3.49. The van der Waals surface area contributed by atoms with Gasteiger partial charge in [0.05, 0.1) is 23.9 Å². The van der Waals surface area contributed by atoms with Gasteiger partial charge in [0.25, 0.3) is 0 Å². The second-order valence-electron chi connectivity index (χ2n) is 6.72. The monoisotopic (exact) mass is 562 g/mol. The Bertz CT molecular complexity index is 1030. The minimum absolute atomic E-state index is 0. The highest BCUT2D eigenvalue weighted by molar-refractivity contribution is 14.0. The SMILES string of the molecule is CCNC(=NCc1cc(C#N)ccc1F)N1CCN(S(=O)(=O)Cc2ccon2)CC1.I. The number of aromatic nitrogens is 1. The van der Waals surface area contributed by atoms with Crippen molar-refractivity contribution < 1.29 is 17.3 Å². The molecule has 31 heavy (non-hydrogen) atoms. The molecule has 0 atom stereocenters. The standard InChI is InChI=1S/C19H23FN6O3S.HI/c1-2-22-19(23-13-16-11-15(12-21)3-4-18(16)20)25-6-8-26(9-7-25)30(27,28)14-17-5-10-29-24-17;/h3-5,10-11H,2,6-9,13-14H2,1H3,(H,22,23);1H. The van der Waals surface area contributed by atoms with Gasteiger partial charge in [0.1, 0.15) is 17.8 Å². The Morgan fingerprint density at radius 2 is 2.06 bits per heavy atom. The average molecular weight is 562 g/mol. The van der Waals surface area contributed by atoms with Gasteiger partial charge in [-0.3, -0.25) is 0 Å². The number of sulfonamides is 1. The molecule has 12 heteroatoms. The summed E-state index contributed by atoms with van der Waals surface area (Å²) in [5.74, 6) is -0.0446. The molecule has 1 fully saturated rings. The number of guanidine groups is 1. The van der Waals surface area contributed by atoms with Crippen LogP contribution in [0.1, 0.15) is 23.7 Å². The van der Waals surface area contributed by atoms with E-state index in [2.05, 4.69) is 15.5 Å². The highest BCUT2D eigenvalue weighted by atomic mass is 127. The molecular weight excluding hydrogens is 538 g/mol. The zero-order valence-electron chi connectivity index (χ0n) is 17.0. The molecule has 1 aromatic carbocycles. The minimum atomic E-state index is -3.49. The van der Waals surface area contributed by atoms with E-state index in [0.717, 1.165) is 0 Å². The van der Waals surface area contributed by atoms with Crippen LogP contribution in [0.15, 0.2) is 40.0 Å². The first-order chi connectivity index (χ1) is 14.4. The molecular formula is C19H24FIN6O3S. The number of aliphatic imine (C=N–C) groups is 1. The van der Waals surface area contributed by atoms with E-state index < -0.39 is 15.8 Å². The molecule has 0 unspecified atom stereocenters. The van der Waals surface area contributed by atoms with Gasteiger partial charge in [0, 0.05) is 44.4 Å². The maximum absolute atomic E-state index is 14.0. The number of nitrogens with one attached hydrogen (secondary N) is 1. The van der Waals surface area contributed by atoms with Crippen LogP contribution in [0, 0.1) is 17.1 Å². The lowest BCUT2D eigenvalue weighted by Crippen LogP contribution is -2.53. The van der Waals surface area contributed by atoms with E-state index in [1.165, 1.54) is 34.8 Å². The van der Waals surface area contributed by atoms with Crippen LogP contribution < -0.4 is 5.32 Å². The Hall–Kier alpha value is -2.24. The molecule has 3 rings (SSSR count). The van der Waals surface area contributed by atoms with Crippen LogP contribution >= 0.6 is 24.0 Å². The molecule has 0 bridgehead atoms. The van der Waals surface area contributed by atoms with Crippen molar-refractivity contribution in [3.05, 3.63) is 53.2 Å². The second kappa shape index (κ2) is 11.4. The van der Waals surface area contributed by atoms with Crippen LogP contribution in [-0.4, -0.2) is 61.5 Å². The smallest absolute Gasteiger partial charge is 0.220 e. The van der Waals surface area contributed by atoms with E-state index in [1.807, 2.05) is 17.9 Å². The Kier molecular flexibility index (Phi) is 9.20. The van der Waals surface area contributed by atoms with Crippen molar-refractivity contribution in [1.29, 1.82) is 5.26 Å². The fraction of sp³-hybridized carbons (Fsp3) is 0.421. The van der Waals surface area contributed by atoms with Gasteiger partial charge < -0.3 is 14.7 Å². The quantitative estimate of drug-likeness (QED) is 0.325. The third-order valence-corrected chi connectivity index (χ3v) is 6.47.